The molecule has 0 aromatic carbocycles. The number of carbonyl (C=O) groups excluding carboxylic acids is 1. The highest BCUT2D eigenvalue weighted by atomic mass is 32.2. The fourth-order valence-corrected chi connectivity index (χ4v) is 3.68. The summed E-state index contributed by atoms with van der Waals surface area (Å²) in [6.07, 6.45) is 4.98. The molecule has 3 N–H and O–H groups in total. The van der Waals surface area contributed by atoms with Crippen molar-refractivity contribution in [3.05, 3.63) is 29.9 Å². The van der Waals surface area contributed by atoms with Gasteiger partial charge in [0, 0.05) is 17.3 Å². The zero-order valence-electron chi connectivity index (χ0n) is 10.3. The lowest BCUT2D eigenvalue weighted by molar-refractivity contribution is -0.122. The molecule has 6 nitrogen and oxygen atoms in total. The van der Waals surface area contributed by atoms with Crippen molar-refractivity contribution in [2.75, 3.05) is 6.54 Å². The van der Waals surface area contributed by atoms with E-state index in [2.05, 4.69) is 20.3 Å². The third kappa shape index (κ3) is 2.04. The molecule has 19 heavy (non-hydrogen) atoms. The van der Waals surface area contributed by atoms with Crippen LogP contribution in [0.2, 0.25) is 0 Å². The summed E-state index contributed by atoms with van der Waals surface area (Å²) in [6, 6.07) is 0. The number of hydrogen-bond acceptors (Lipinski definition) is 6. The number of thioether (sulfide) groups is 1. The van der Waals surface area contributed by atoms with Crippen LogP contribution >= 0.6 is 11.8 Å². The summed E-state index contributed by atoms with van der Waals surface area (Å²) in [6.45, 7) is 2.19. The van der Waals surface area contributed by atoms with Crippen molar-refractivity contribution in [3.63, 3.8) is 0 Å². The van der Waals surface area contributed by atoms with Crippen LogP contribution in [0.15, 0.2) is 29.2 Å². The standard InChI is InChI=1S/C12H13N5OS/c1-6-9-11(18)16-8(4-13)17-12(9)19-10(6)7-5-14-2-3-15-7/h2-3,5,9,12H,4,13H2,1H3,(H,16,17,18). The van der Waals surface area contributed by atoms with Crippen LogP contribution < -0.4 is 11.1 Å². The molecule has 3 rings (SSSR count). The van der Waals surface area contributed by atoms with E-state index in [9.17, 15) is 4.79 Å². The van der Waals surface area contributed by atoms with E-state index in [1.165, 1.54) is 0 Å². The first-order chi connectivity index (χ1) is 9.20. The molecule has 0 saturated heterocycles. The average Bonchev–Trinajstić information content (AvgIpc) is 2.77. The number of carbonyl (C=O) groups is 1. The first kappa shape index (κ1) is 12.3. The molecule has 1 aromatic heterocycles. The molecule has 3 heterocycles. The molecule has 2 atom stereocenters. The number of fused-ring (bicyclic) bond motifs is 1. The molecular formula is C12H13N5OS. The van der Waals surface area contributed by atoms with Gasteiger partial charge < -0.3 is 11.1 Å². The van der Waals surface area contributed by atoms with E-state index in [1.54, 1.807) is 30.4 Å². The van der Waals surface area contributed by atoms with Crippen LogP contribution in [-0.4, -0.2) is 33.6 Å². The van der Waals surface area contributed by atoms with Crippen LogP contribution in [0.3, 0.4) is 0 Å². The van der Waals surface area contributed by atoms with E-state index in [-0.39, 0.29) is 23.7 Å². The third-order valence-electron chi connectivity index (χ3n) is 3.17. The molecule has 0 aliphatic carbocycles. The zero-order chi connectivity index (χ0) is 13.4. The number of nitrogens with one attached hydrogen (secondary N) is 1. The van der Waals surface area contributed by atoms with Crippen LogP contribution in [0, 0.1) is 5.92 Å². The van der Waals surface area contributed by atoms with Crippen molar-refractivity contribution in [2.45, 2.75) is 12.3 Å². The average molecular weight is 275 g/mol. The van der Waals surface area contributed by atoms with E-state index in [0.717, 1.165) is 16.2 Å². The first-order valence-electron chi connectivity index (χ1n) is 5.92. The Bertz CT molecular complexity index is 583. The van der Waals surface area contributed by atoms with Crippen LogP contribution in [0.1, 0.15) is 12.6 Å². The Balaban J connectivity index is 1.98. The second kappa shape index (κ2) is 4.75. The summed E-state index contributed by atoms with van der Waals surface area (Å²) < 4.78 is 0. The van der Waals surface area contributed by atoms with Crippen molar-refractivity contribution in [3.8, 4) is 0 Å². The Morgan fingerprint density at radius 2 is 2.32 bits per heavy atom. The van der Waals surface area contributed by atoms with Gasteiger partial charge in [0.15, 0.2) is 0 Å². The monoisotopic (exact) mass is 275 g/mol. The molecule has 0 radical (unpaired) electrons. The van der Waals surface area contributed by atoms with Gasteiger partial charge in [-0.1, -0.05) is 11.8 Å². The third-order valence-corrected chi connectivity index (χ3v) is 4.56. The molecule has 2 aliphatic rings. The minimum atomic E-state index is -0.239. The normalized spacial score (nSPS) is 26.0. The van der Waals surface area contributed by atoms with Crippen molar-refractivity contribution in [1.29, 1.82) is 0 Å². The highest BCUT2D eigenvalue weighted by Gasteiger charge is 2.41. The summed E-state index contributed by atoms with van der Waals surface area (Å²) in [4.78, 5) is 25.9. The van der Waals surface area contributed by atoms with Crippen molar-refractivity contribution >= 4 is 28.4 Å². The van der Waals surface area contributed by atoms with E-state index >= 15 is 0 Å². The van der Waals surface area contributed by atoms with Gasteiger partial charge in [-0.25, -0.2) is 0 Å². The van der Waals surface area contributed by atoms with Gasteiger partial charge in [0.1, 0.15) is 11.2 Å². The zero-order valence-corrected chi connectivity index (χ0v) is 11.1. The van der Waals surface area contributed by atoms with E-state index in [1.807, 2.05) is 6.92 Å². The smallest absolute Gasteiger partial charge is 0.235 e. The predicted molar refractivity (Wildman–Crippen MR) is 74.1 cm³/mol. The van der Waals surface area contributed by atoms with Gasteiger partial charge in [-0.05, 0) is 12.5 Å². The number of amidine groups is 1. The largest absolute Gasteiger partial charge is 0.324 e. The van der Waals surface area contributed by atoms with Crippen molar-refractivity contribution in [2.24, 2.45) is 16.6 Å². The Morgan fingerprint density at radius 1 is 1.47 bits per heavy atom. The summed E-state index contributed by atoms with van der Waals surface area (Å²) in [5, 5.41) is 2.61. The second-order valence-electron chi connectivity index (χ2n) is 4.36. The van der Waals surface area contributed by atoms with Crippen LogP contribution in [0.4, 0.5) is 0 Å². The number of amides is 1. The second-order valence-corrected chi connectivity index (χ2v) is 5.48. The van der Waals surface area contributed by atoms with Gasteiger partial charge in [-0.2, -0.15) is 0 Å². The Kier molecular flexibility index (Phi) is 3.08. The van der Waals surface area contributed by atoms with Gasteiger partial charge in [0.05, 0.1) is 24.4 Å². The number of nitrogens with two attached hydrogens (primary N) is 1. The summed E-state index contributed by atoms with van der Waals surface area (Å²) >= 11 is 1.55. The van der Waals surface area contributed by atoms with Gasteiger partial charge in [-0.15, -0.1) is 0 Å². The molecule has 2 aliphatic heterocycles. The van der Waals surface area contributed by atoms with Gasteiger partial charge in [0.2, 0.25) is 5.91 Å². The van der Waals surface area contributed by atoms with Crippen LogP contribution in [-0.2, 0) is 4.79 Å². The topological polar surface area (TPSA) is 93.3 Å². The van der Waals surface area contributed by atoms with Crippen molar-refractivity contribution in [1.82, 2.24) is 15.3 Å². The SMILES string of the molecule is CC1=C(c2cnccn2)SC2N=C(CN)NC(=O)C12. The molecule has 0 saturated carbocycles. The molecule has 98 valence electrons. The number of aromatic nitrogens is 2. The van der Waals surface area contributed by atoms with Gasteiger partial charge >= 0.3 is 0 Å². The van der Waals surface area contributed by atoms with Crippen LogP contribution in [0.25, 0.3) is 4.91 Å². The maximum atomic E-state index is 12.1. The number of hydrogen-bond donors (Lipinski definition) is 2. The lowest BCUT2D eigenvalue weighted by Crippen LogP contribution is -2.46. The fraction of sp³-hybridized carbons (Fsp3) is 0.333. The lowest BCUT2D eigenvalue weighted by Gasteiger charge is -2.23. The lowest BCUT2D eigenvalue weighted by atomic mass is 9.97. The van der Waals surface area contributed by atoms with Gasteiger partial charge in [0.25, 0.3) is 0 Å². The maximum Gasteiger partial charge on any atom is 0.235 e. The molecule has 1 amide bonds. The summed E-state index contributed by atoms with van der Waals surface area (Å²) in [7, 11) is 0. The van der Waals surface area contributed by atoms with Crippen LogP contribution in [0.5, 0.6) is 0 Å². The molecule has 0 fully saturated rings. The number of rotatable bonds is 2. The number of nitrogens with zero attached hydrogens (tertiary/aromatic N) is 3. The predicted octanol–water partition coefficient (Wildman–Crippen LogP) is 0.384. The highest BCUT2D eigenvalue weighted by Crippen LogP contribution is 2.48. The molecule has 0 bridgehead atoms. The maximum absolute atomic E-state index is 12.1. The summed E-state index contributed by atoms with van der Waals surface area (Å²) in [5.41, 5.74) is 7.32. The molecule has 7 heteroatoms. The molecule has 1 aromatic rings. The molecular weight excluding hydrogens is 262 g/mol. The summed E-state index contributed by atoms with van der Waals surface area (Å²) in [5.74, 6) is 0.272. The van der Waals surface area contributed by atoms with E-state index < -0.39 is 0 Å². The highest BCUT2D eigenvalue weighted by molar-refractivity contribution is 8.09. The van der Waals surface area contributed by atoms with Gasteiger partial charge in [-0.3, -0.25) is 19.8 Å². The molecule has 2 unspecified atom stereocenters. The minimum absolute atomic E-state index is 0.0376. The number of aliphatic imine (C=N–C) groups is 1. The Morgan fingerprint density at radius 3 is 3.00 bits per heavy atom. The van der Waals surface area contributed by atoms with E-state index in [0.29, 0.717) is 5.84 Å². The quantitative estimate of drug-likeness (QED) is 0.814. The van der Waals surface area contributed by atoms with E-state index in [4.69, 9.17) is 5.73 Å². The molecule has 0 spiro atoms. The Hall–Kier alpha value is -1.73. The Labute approximate surface area is 114 Å². The minimum Gasteiger partial charge on any atom is -0.324 e. The van der Waals surface area contributed by atoms with Crippen molar-refractivity contribution < 1.29 is 4.79 Å². The first-order valence-corrected chi connectivity index (χ1v) is 6.80. The fourth-order valence-electron chi connectivity index (χ4n) is 2.25.